The van der Waals surface area contributed by atoms with Crippen molar-refractivity contribution in [2.75, 3.05) is 12.3 Å². The van der Waals surface area contributed by atoms with Gasteiger partial charge < -0.3 is 10.6 Å². The van der Waals surface area contributed by atoms with Crippen LogP contribution in [0.4, 0.5) is 0 Å². The van der Waals surface area contributed by atoms with Crippen LogP contribution in [0.5, 0.6) is 0 Å². The summed E-state index contributed by atoms with van der Waals surface area (Å²) in [6.07, 6.45) is 0. The standard InChI is InChI=1S/C16H26N2OS/c1-5-17-10-14-6-8-15(9-7-14)20-11-16(19)18-13(4)12(2)3/h6-9,12-13,17H,5,10-11H2,1-4H3,(H,18,19). The van der Waals surface area contributed by atoms with Crippen LogP contribution in [0, 0.1) is 5.92 Å². The van der Waals surface area contributed by atoms with Crippen molar-refractivity contribution < 1.29 is 4.79 Å². The van der Waals surface area contributed by atoms with E-state index in [9.17, 15) is 4.79 Å². The highest BCUT2D eigenvalue weighted by Crippen LogP contribution is 2.18. The van der Waals surface area contributed by atoms with Gasteiger partial charge in [-0.05, 0) is 37.1 Å². The molecule has 0 saturated carbocycles. The van der Waals surface area contributed by atoms with Gasteiger partial charge >= 0.3 is 0 Å². The van der Waals surface area contributed by atoms with Gasteiger partial charge in [0.1, 0.15) is 0 Å². The van der Waals surface area contributed by atoms with E-state index >= 15 is 0 Å². The number of thioether (sulfide) groups is 1. The van der Waals surface area contributed by atoms with Crippen molar-refractivity contribution in [3.8, 4) is 0 Å². The highest BCUT2D eigenvalue weighted by molar-refractivity contribution is 8.00. The van der Waals surface area contributed by atoms with Crippen LogP contribution in [0.1, 0.15) is 33.3 Å². The summed E-state index contributed by atoms with van der Waals surface area (Å²) in [5.74, 6) is 1.05. The lowest BCUT2D eigenvalue weighted by molar-refractivity contribution is -0.119. The van der Waals surface area contributed by atoms with Crippen LogP contribution in [0.2, 0.25) is 0 Å². The number of hydrogen-bond donors (Lipinski definition) is 2. The van der Waals surface area contributed by atoms with Gasteiger partial charge in [0.05, 0.1) is 5.75 Å². The van der Waals surface area contributed by atoms with E-state index < -0.39 is 0 Å². The van der Waals surface area contributed by atoms with E-state index in [1.807, 2.05) is 6.92 Å². The average Bonchev–Trinajstić information content (AvgIpc) is 2.43. The zero-order valence-corrected chi connectivity index (χ0v) is 13.7. The molecule has 0 aromatic heterocycles. The molecule has 2 N–H and O–H groups in total. The molecule has 0 aliphatic carbocycles. The van der Waals surface area contributed by atoms with E-state index in [0.29, 0.717) is 11.7 Å². The molecule has 0 aliphatic rings. The van der Waals surface area contributed by atoms with Gasteiger partial charge in [-0.2, -0.15) is 0 Å². The Morgan fingerprint density at radius 2 is 1.85 bits per heavy atom. The summed E-state index contributed by atoms with van der Waals surface area (Å²) in [5, 5.41) is 6.31. The Balaban J connectivity index is 2.36. The van der Waals surface area contributed by atoms with Gasteiger partial charge in [-0.25, -0.2) is 0 Å². The van der Waals surface area contributed by atoms with Gasteiger partial charge in [0, 0.05) is 17.5 Å². The van der Waals surface area contributed by atoms with Crippen molar-refractivity contribution in [2.45, 2.75) is 45.2 Å². The maximum atomic E-state index is 11.8. The Bertz CT molecular complexity index is 403. The minimum absolute atomic E-state index is 0.105. The van der Waals surface area contributed by atoms with Gasteiger partial charge in [0.25, 0.3) is 0 Å². The summed E-state index contributed by atoms with van der Waals surface area (Å²) in [5.41, 5.74) is 1.27. The Morgan fingerprint density at radius 3 is 2.40 bits per heavy atom. The van der Waals surface area contributed by atoms with E-state index in [0.717, 1.165) is 18.0 Å². The molecule has 1 amide bonds. The lowest BCUT2D eigenvalue weighted by Crippen LogP contribution is -2.37. The zero-order chi connectivity index (χ0) is 15.0. The predicted molar refractivity (Wildman–Crippen MR) is 87.0 cm³/mol. The van der Waals surface area contributed by atoms with Crippen molar-refractivity contribution in [3.63, 3.8) is 0 Å². The molecule has 0 bridgehead atoms. The molecule has 1 aromatic carbocycles. The SMILES string of the molecule is CCNCc1ccc(SCC(=O)NC(C)C(C)C)cc1. The molecule has 0 aliphatic heterocycles. The third-order valence-electron chi connectivity index (χ3n) is 3.26. The lowest BCUT2D eigenvalue weighted by Gasteiger charge is -2.17. The topological polar surface area (TPSA) is 41.1 Å². The van der Waals surface area contributed by atoms with Crippen LogP contribution in [0.15, 0.2) is 29.2 Å². The highest BCUT2D eigenvalue weighted by Gasteiger charge is 2.10. The molecule has 20 heavy (non-hydrogen) atoms. The van der Waals surface area contributed by atoms with Gasteiger partial charge in [-0.1, -0.05) is 32.9 Å². The largest absolute Gasteiger partial charge is 0.353 e. The summed E-state index contributed by atoms with van der Waals surface area (Å²) in [6, 6.07) is 8.61. The van der Waals surface area contributed by atoms with Crippen molar-refractivity contribution >= 4 is 17.7 Å². The monoisotopic (exact) mass is 294 g/mol. The molecule has 0 fully saturated rings. The number of carbonyl (C=O) groups excluding carboxylic acids is 1. The first-order chi connectivity index (χ1) is 9.52. The van der Waals surface area contributed by atoms with Crippen molar-refractivity contribution in [3.05, 3.63) is 29.8 Å². The fraction of sp³-hybridized carbons (Fsp3) is 0.562. The van der Waals surface area contributed by atoms with Crippen molar-refractivity contribution in [1.29, 1.82) is 0 Å². The second-order valence-corrected chi connectivity index (χ2v) is 6.36. The molecular weight excluding hydrogens is 268 g/mol. The number of amides is 1. The molecule has 0 heterocycles. The molecule has 4 heteroatoms. The second kappa shape index (κ2) is 9.03. The summed E-state index contributed by atoms with van der Waals surface area (Å²) < 4.78 is 0. The molecule has 1 unspecified atom stereocenters. The quantitative estimate of drug-likeness (QED) is 0.724. The summed E-state index contributed by atoms with van der Waals surface area (Å²) in [4.78, 5) is 12.9. The lowest BCUT2D eigenvalue weighted by atomic mass is 10.1. The second-order valence-electron chi connectivity index (χ2n) is 5.31. The minimum atomic E-state index is 0.105. The van der Waals surface area contributed by atoms with Crippen LogP contribution >= 0.6 is 11.8 Å². The molecule has 1 atom stereocenters. The van der Waals surface area contributed by atoms with E-state index in [-0.39, 0.29) is 11.9 Å². The molecule has 3 nitrogen and oxygen atoms in total. The van der Waals surface area contributed by atoms with E-state index in [1.165, 1.54) is 5.56 Å². The number of hydrogen-bond acceptors (Lipinski definition) is 3. The summed E-state index contributed by atoms with van der Waals surface area (Å²) in [7, 11) is 0. The number of benzene rings is 1. The number of carbonyl (C=O) groups is 1. The summed E-state index contributed by atoms with van der Waals surface area (Å²) >= 11 is 1.58. The highest BCUT2D eigenvalue weighted by atomic mass is 32.2. The first-order valence-corrected chi connectivity index (χ1v) is 8.23. The number of nitrogens with one attached hydrogen (secondary N) is 2. The van der Waals surface area contributed by atoms with Crippen LogP contribution < -0.4 is 10.6 Å². The normalized spacial score (nSPS) is 12.4. The first-order valence-electron chi connectivity index (χ1n) is 7.24. The molecule has 112 valence electrons. The first kappa shape index (κ1) is 17.1. The molecule has 0 radical (unpaired) electrons. The molecule has 0 spiro atoms. The van der Waals surface area contributed by atoms with E-state index in [4.69, 9.17) is 0 Å². The van der Waals surface area contributed by atoms with Gasteiger partial charge in [0.2, 0.25) is 5.91 Å². The van der Waals surface area contributed by atoms with Gasteiger partial charge in [-0.15, -0.1) is 11.8 Å². The van der Waals surface area contributed by atoms with Crippen LogP contribution in [-0.2, 0) is 11.3 Å². The zero-order valence-electron chi connectivity index (χ0n) is 12.9. The van der Waals surface area contributed by atoms with Crippen LogP contribution in [-0.4, -0.2) is 24.2 Å². The Hall–Kier alpha value is -1.00. The molecule has 0 saturated heterocycles. The molecule has 1 aromatic rings. The van der Waals surface area contributed by atoms with E-state index in [2.05, 4.69) is 55.7 Å². The average molecular weight is 294 g/mol. The van der Waals surface area contributed by atoms with Gasteiger partial charge in [0.15, 0.2) is 0 Å². The summed E-state index contributed by atoms with van der Waals surface area (Å²) in [6.45, 7) is 10.2. The predicted octanol–water partition coefficient (Wildman–Crippen LogP) is 3.05. The Morgan fingerprint density at radius 1 is 1.20 bits per heavy atom. The van der Waals surface area contributed by atoms with Crippen LogP contribution in [0.25, 0.3) is 0 Å². The van der Waals surface area contributed by atoms with Crippen molar-refractivity contribution in [1.82, 2.24) is 10.6 Å². The minimum Gasteiger partial charge on any atom is -0.353 e. The number of rotatable bonds is 8. The van der Waals surface area contributed by atoms with Crippen LogP contribution in [0.3, 0.4) is 0 Å². The maximum absolute atomic E-state index is 11.8. The smallest absolute Gasteiger partial charge is 0.230 e. The third kappa shape index (κ3) is 6.44. The Kier molecular flexibility index (Phi) is 7.70. The van der Waals surface area contributed by atoms with Gasteiger partial charge in [-0.3, -0.25) is 4.79 Å². The molecular formula is C16H26N2OS. The van der Waals surface area contributed by atoms with E-state index in [1.54, 1.807) is 11.8 Å². The Labute approximate surface area is 126 Å². The fourth-order valence-corrected chi connectivity index (χ4v) is 2.29. The van der Waals surface area contributed by atoms with Crippen molar-refractivity contribution in [2.24, 2.45) is 5.92 Å². The third-order valence-corrected chi connectivity index (χ3v) is 4.27. The fourth-order valence-electron chi connectivity index (χ4n) is 1.58. The maximum Gasteiger partial charge on any atom is 0.230 e. The molecule has 1 rings (SSSR count).